The number of hydrogen-bond donors (Lipinski definition) is 1. The highest BCUT2D eigenvalue weighted by Crippen LogP contribution is 2.31. The van der Waals surface area contributed by atoms with Crippen LogP contribution in [0.1, 0.15) is 17.5 Å². The van der Waals surface area contributed by atoms with Crippen molar-refractivity contribution in [3.63, 3.8) is 0 Å². The molecule has 2 aromatic rings. The number of benzene rings is 2. The lowest BCUT2D eigenvalue weighted by Gasteiger charge is -2.17. The number of fused-ring (bicyclic) bond motifs is 1. The van der Waals surface area contributed by atoms with Gasteiger partial charge >= 0.3 is 0 Å². The first-order valence-corrected chi connectivity index (χ1v) is 7.84. The summed E-state index contributed by atoms with van der Waals surface area (Å²) in [5.74, 6) is 0.576. The van der Waals surface area contributed by atoms with Crippen molar-refractivity contribution in [1.82, 2.24) is 0 Å². The van der Waals surface area contributed by atoms with Gasteiger partial charge in [0.1, 0.15) is 17.7 Å². The molecule has 0 aromatic heterocycles. The molecule has 0 saturated heterocycles. The normalized spacial score (nSPS) is 18.1. The Morgan fingerprint density at radius 3 is 2.95 bits per heavy atom. The van der Waals surface area contributed by atoms with Gasteiger partial charge < -0.3 is 10.5 Å². The number of rotatable bonds is 4. The van der Waals surface area contributed by atoms with E-state index >= 15 is 0 Å². The van der Waals surface area contributed by atoms with Gasteiger partial charge in [0.15, 0.2) is 0 Å². The molecule has 0 aliphatic carbocycles. The molecular formula is C17H17BrFNO. The van der Waals surface area contributed by atoms with E-state index in [0.717, 1.165) is 35.0 Å². The van der Waals surface area contributed by atoms with E-state index in [1.165, 1.54) is 11.6 Å². The highest BCUT2D eigenvalue weighted by atomic mass is 79.9. The second-order valence-electron chi connectivity index (χ2n) is 5.53. The Morgan fingerprint density at radius 1 is 1.29 bits per heavy atom. The van der Waals surface area contributed by atoms with Crippen molar-refractivity contribution in [3.8, 4) is 5.75 Å². The maximum absolute atomic E-state index is 13.2. The van der Waals surface area contributed by atoms with Crippen molar-refractivity contribution in [1.29, 1.82) is 0 Å². The summed E-state index contributed by atoms with van der Waals surface area (Å²) in [5, 5.41) is 0. The van der Waals surface area contributed by atoms with Crippen LogP contribution in [0.4, 0.5) is 4.39 Å². The first kappa shape index (κ1) is 14.5. The minimum absolute atomic E-state index is 0.0310. The molecule has 1 aliphatic heterocycles. The fourth-order valence-corrected chi connectivity index (χ4v) is 3.25. The van der Waals surface area contributed by atoms with Crippen molar-refractivity contribution < 1.29 is 9.13 Å². The van der Waals surface area contributed by atoms with Gasteiger partial charge in [0.25, 0.3) is 0 Å². The van der Waals surface area contributed by atoms with Crippen LogP contribution in [-0.4, -0.2) is 12.1 Å². The molecule has 4 heteroatoms. The van der Waals surface area contributed by atoms with E-state index in [9.17, 15) is 4.39 Å². The van der Waals surface area contributed by atoms with Crippen LogP contribution in [0.2, 0.25) is 0 Å². The standard InChI is InChI=1S/C17H17BrFNO/c18-13-3-1-2-11(6-13)7-15(20)10-16-9-12-8-14(19)4-5-17(12)21-16/h1-6,8,15-16H,7,9-10,20H2. The second-order valence-corrected chi connectivity index (χ2v) is 6.44. The Morgan fingerprint density at radius 2 is 2.14 bits per heavy atom. The van der Waals surface area contributed by atoms with Gasteiger partial charge in [0.05, 0.1) is 0 Å². The second kappa shape index (κ2) is 6.16. The van der Waals surface area contributed by atoms with Gasteiger partial charge in [0, 0.05) is 28.9 Å². The topological polar surface area (TPSA) is 35.2 Å². The number of hydrogen-bond acceptors (Lipinski definition) is 2. The van der Waals surface area contributed by atoms with E-state index in [-0.39, 0.29) is 18.0 Å². The highest BCUT2D eigenvalue weighted by Gasteiger charge is 2.25. The molecule has 0 radical (unpaired) electrons. The zero-order valence-corrected chi connectivity index (χ0v) is 13.1. The fraction of sp³-hybridized carbons (Fsp3) is 0.294. The third-order valence-electron chi connectivity index (χ3n) is 3.72. The monoisotopic (exact) mass is 349 g/mol. The molecule has 2 nitrogen and oxygen atoms in total. The van der Waals surface area contributed by atoms with E-state index in [0.29, 0.717) is 0 Å². The molecule has 0 amide bonds. The van der Waals surface area contributed by atoms with Crippen LogP contribution in [-0.2, 0) is 12.8 Å². The minimum Gasteiger partial charge on any atom is -0.490 e. The lowest BCUT2D eigenvalue weighted by atomic mass is 9.99. The van der Waals surface area contributed by atoms with Gasteiger partial charge in [-0.2, -0.15) is 0 Å². The summed E-state index contributed by atoms with van der Waals surface area (Å²) >= 11 is 3.47. The summed E-state index contributed by atoms with van der Waals surface area (Å²) in [4.78, 5) is 0. The van der Waals surface area contributed by atoms with Crippen molar-refractivity contribution in [2.45, 2.75) is 31.4 Å². The average molecular weight is 350 g/mol. The van der Waals surface area contributed by atoms with Crippen molar-refractivity contribution in [2.24, 2.45) is 5.73 Å². The summed E-state index contributed by atoms with van der Waals surface area (Å²) < 4.78 is 20.1. The van der Waals surface area contributed by atoms with Gasteiger partial charge in [-0.1, -0.05) is 28.1 Å². The van der Waals surface area contributed by atoms with Gasteiger partial charge in [-0.3, -0.25) is 0 Å². The molecule has 110 valence electrons. The number of ether oxygens (including phenoxy) is 1. The van der Waals surface area contributed by atoms with Crippen molar-refractivity contribution in [2.75, 3.05) is 0 Å². The molecule has 1 aliphatic rings. The summed E-state index contributed by atoms with van der Waals surface area (Å²) in [6.07, 6.45) is 2.36. The number of nitrogens with two attached hydrogens (primary N) is 1. The molecule has 1 heterocycles. The Bertz CT molecular complexity index is 646. The Labute approximate surface area is 132 Å². The summed E-state index contributed by atoms with van der Waals surface area (Å²) in [6, 6.07) is 12.9. The van der Waals surface area contributed by atoms with Crippen molar-refractivity contribution in [3.05, 3.63) is 63.9 Å². The third kappa shape index (κ3) is 3.63. The first-order valence-electron chi connectivity index (χ1n) is 7.05. The summed E-state index contributed by atoms with van der Waals surface area (Å²) in [6.45, 7) is 0. The fourth-order valence-electron chi connectivity index (χ4n) is 2.81. The third-order valence-corrected chi connectivity index (χ3v) is 4.21. The zero-order valence-electron chi connectivity index (χ0n) is 11.6. The largest absolute Gasteiger partial charge is 0.490 e. The molecule has 0 bridgehead atoms. The molecule has 2 N–H and O–H groups in total. The van der Waals surface area contributed by atoms with E-state index < -0.39 is 0 Å². The van der Waals surface area contributed by atoms with Crippen LogP contribution < -0.4 is 10.5 Å². The Balaban J connectivity index is 1.58. The van der Waals surface area contributed by atoms with Gasteiger partial charge in [-0.15, -0.1) is 0 Å². The summed E-state index contributed by atoms with van der Waals surface area (Å²) in [7, 11) is 0. The van der Waals surface area contributed by atoms with Crippen LogP contribution in [0.3, 0.4) is 0 Å². The van der Waals surface area contributed by atoms with E-state index in [4.69, 9.17) is 10.5 Å². The zero-order chi connectivity index (χ0) is 14.8. The van der Waals surface area contributed by atoms with E-state index in [2.05, 4.69) is 28.1 Å². The molecule has 2 unspecified atom stereocenters. The van der Waals surface area contributed by atoms with E-state index in [1.807, 2.05) is 12.1 Å². The van der Waals surface area contributed by atoms with Crippen LogP contribution >= 0.6 is 15.9 Å². The lowest BCUT2D eigenvalue weighted by Crippen LogP contribution is -2.30. The van der Waals surface area contributed by atoms with Crippen LogP contribution in [0.5, 0.6) is 5.75 Å². The molecule has 0 saturated carbocycles. The predicted octanol–water partition coefficient (Wildman–Crippen LogP) is 3.85. The van der Waals surface area contributed by atoms with Gasteiger partial charge in [-0.25, -0.2) is 4.39 Å². The quantitative estimate of drug-likeness (QED) is 0.909. The molecular weight excluding hydrogens is 333 g/mol. The molecule has 0 spiro atoms. The predicted molar refractivity (Wildman–Crippen MR) is 85.0 cm³/mol. The lowest BCUT2D eigenvalue weighted by molar-refractivity contribution is 0.210. The van der Waals surface area contributed by atoms with Crippen molar-refractivity contribution >= 4 is 15.9 Å². The molecule has 3 rings (SSSR count). The number of halogens is 2. The maximum atomic E-state index is 13.2. The van der Waals surface area contributed by atoms with Crippen LogP contribution in [0.25, 0.3) is 0 Å². The molecule has 2 atom stereocenters. The molecule has 0 fully saturated rings. The van der Waals surface area contributed by atoms with E-state index in [1.54, 1.807) is 12.1 Å². The maximum Gasteiger partial charge on any atom is 0.123 e. The average Bonchev–Trinajstić information content (AvgIpc) is 2.79. The molecule has 2 aromatic carbocycles. The first-order chi connectivity index (χ1) is 10.1. The van der Waals surface area contributed by atoms with Crippen LogP contribution in [0.15, 0.2) is 46.9 Å². The minimum atomic E-state index is -0.212. The Kier molecular flexibility index (Phi) is 4.27. The SMILES string of the molecule is NC(Cc1cccc(Br)c1)CC1Cc2cc(F)ccc2O1. The Hall–Kier alpha value is -1.39. The van der Waals surface area contributed by atoms with Gasteiger partial charge in [0.2, 0.25) is 0 Å². The van der Waals surface area contributed by atoms with Crippen LogP contribution in [0, 0.1) is 5.82 Å². The van der Waals surface area contributed by atoms with Gasteiger partial charge in [-0.05, 0) is 42.3 Å². The molecule has 21 heavy (non-hydrogen) atoms. The highest BCUT2D eigenvalue weighted by molar-refractivity contribution is 9.10. The smallest absolute Gasteiger partial charge is 0.123 e. The summed E-state index contributed by atoms with van der Waals surface area (Å²) in [5.41, 5.74) is 8.38.